The van der Waals surface area contributed by atoms with Crippen LogP contribution in [0.15, 0.2) is 53.7 Å². The van der Waals surface area contributed by atoms with Gasteiger partial charge in [0.25, 0.3) is 0 Å². The topological polar surface area (TPSA) is 34.0 Å². The molecule has 162 valence electrons. The number of nitrogens with zero attached hydrogens (tertiary/aromatic N) is 4. The smallest absolute Gasteiger partial charge is 0.302 e. The molecule has 2 aliphatic rings. The maximum absolute atomic E-state index is 13.0. The average molecular weight is 445 g/mol. The first-order valence-electron chi connectivity index (χ1n) is 10.3. The van der Waals surface area contributed by atoms with Crippen molar-refractivity contribution in [3.05, 3.63) is 59.9 Å². The van der Waals surface area contributed by atoms with Crippen molar-refractivity contribution in [2.24, 2.45) is 5.92 Å². The fourth-order valence-electron chi connectivity index (χ4n) is 4.14. The van der Waals surface area contributed by atoms with Crippen molar-refractivity contribution in [1.29, 1.82) is 0 Å². The van der Waals surface area contributed by atoms with E-state index < -0.39 is 11.7 Å². The molecule has 3 heterocycles. The van der Waals surface area contributed by atoms with E-state index in [9.17, 15) is 13.2 Å². The summed E-state index contributed by atoms with van der Waals surface area (Å²) in [6.45, 7) is 6.37. The largest absolute Gasteiger partial charge is 0.416 e. The van der Waals surface area contributed by atoms with Gasteiger partial charge in [-0.25, -0.2) is 0 Å². The van der Waals surface area contributed by atoms with Crippen molar-refractivity contribution in [1.82, 2.24) is 14.8 Å². The zero-order valence-corrected chi connectivity index (χ0v) is 18.3. The van der Waals surface area contributed by atoms with E-state index in [1.807, 2.05) is 23.0 Å². The molecular weight excluding hydrogens is 421 g/mol. The fourth-order valence-corrected chi connectivity index (χ4v) is 5.27. The molecule has 1 aromatic carbocycles. The summed E-state index contributed by atoms with van der Waals surface area (Å²) in [5, 5.41) is 4.72. The van der Waals surface area contributed by atoms with E-state index in [1.165, 1.54) is 11.9 Å². The van der Waals surface area contributed by atoms with Gasteiger partial charge >= 0.3 is 6.18 Å². The Hall–Kier alpha value is -2.48. The molecule has 1 fully saturated rings. The third kappa shape index (κ3) is 3.60. The summed E-state index contributed by atoms with van der Waals surface area (Å²) < 4.78 is 43.2. The minimum absolute atomic E-state index is 0.107. The van der Waals surface area contributed by atoms with E-state index in [-0.39, 0.29) is 11.6 Å². The predicted molar refractivity (Wildman–Crippen MR) is 116 cm³/mol. The van der Waals surface area contributed by atoms with Crippen molar-refractivity contribution < 1.29 is 13.2 Å². The van der Waals surface area contributed by atoms with Crippen LogP contribution in [-0.4, -0.2) is 14.8 Å². The molecule has 4 nitrogen and oxygen atoms in total. The molecule has 0 radical (unpaired) electrons. The summed E-state index contributed by atoms with van der Waals surface area (Å²) in [5.41, 5.74) is 3.19. The number of hydrogen-bond acceptors (Lipinski definition) is 4. The van der Waals surface area contributed by atoms with E-state index in [4.69, 9.17) is 10.1 Å². The van der Waals surface area contributed by atoms with Crippen LogP contribution in [0, 0.1) is 5.92 Å². The lowest BCUT2D eigenvalue weighted by Crippen LogP contribution is -2.31. The number of pyridine rings is 1. The van der Waals surface area contributed by atoms with Gasteiger partial charge in [-0.15, -0.1) is 0 Å². The summed E-state index contributed by atoms with van der Waals surface area (Å²) in [7, 11) is 0. The number of anilines is 1. The van der Waals surface area contributed by atoms with Crippen LogP contribution in [-0.2, 0) is 11.7 Å². The second-order valence-corrected chi connectivity index (χ2v) is 10.2. The maximum Gasteiger partial charge on any atom is 0.416 e. The molecule has 8 heteroatoms. The van der Waals surface area contributed by atoms with E-state index >= 15 is 0 Å². The highest BCUT2D eigenvalue weighted by Gasteiger charge is 2.45. The van der Waals surface area contributed by atoms with Crippen molar-refractivity contribution in [3.8, 4) is 11.4 Å². The number of fused-ring (bicyclic) bond motifs is 3. The highest BCUT2D eigenvalue weighted by atomic mass is 32.2. The van der Waals surface area contributed by atoms with Gasteiger partial charge in [-0.2, -0.15) is 18.3 Å². The Bertz CT molecular complexity index is 1110. The van der Waals surface area contributed by atoms with Gasteiger partial charge in [0.05, 0.1) is 34.7 Å². The van der Waals surface area contributed by atoms with Crippen LogP contribution in [0.4, 0.5) is 18.9 Å². The Balaban J connectivity index is 1.59. The van der Waals surface area contributed by atoms with Gasteiger partial charge < -0.3 is 4.31 Å². The van der Waals surface area contributed by atoms with Gasteiger partial charge in [0.15, 0.2) is 0 Å². The first-order chi connectivity index (χ1) is 14.6. The molecule has 0 spiro atoms. The average Bonchev–Trinajstić information content (AvgIpc) is 3.43. The summed E-state index contributed by atoms with van der Waals surface area (Å²) in [6, 6.07) is 9.43. The highest BCUT2D eigenvalue weighted by molar-refractivity contribution is 8.00. The number of benzene rings is 1. The first kappa shape index (κ1) is 20.4. The molecule has 0 bridgehead atoms. The number of aromatic nitrogens is 3. The SMILES string of the molecule is CC(C)(C)n1ncc2c1-c1ncccc1N(Sc1ccc(C(F)(F)F)cc1)C2C1CC1. The van der Waals surface area contributed by atoms with Gasteiger partial charge in [-0.1, -0.05) is 0 Å². The Morgan fingerprint density at radius 2 is 1.74 bits per heavy atom. The molecule has 1 unspecified atom stereocenters. The highest BCUT2D eigenvalue weighted by Crippen LogP contribution is 2.56. The molecule has 2 aromatic heterocycles. The lowest BCUT2D eigenvalue weighted by atomic mass is 9.95. The normalized spacial score (nSPS) is 18.6. The summed E-state index contributed by atoms with van der Waals surface area (Å²) in [4.78, 5) is 5.46. The second kappa shape index (κ2) is 7.02. The van der Waals surface area contributed by atoms with Gasteiger partial charge in [0.1, 0.15) is 5.69 Å². The quantitative estimate of drug-likeness (QED) is 0.421. The molecule has 5 rings (SSSR count). The Labute approximate surface area is 183 Å². The molecule has 0 N–H and O–H groups in total. The van der Waals surface area contributed by atoms with E-state index in [1.54, 1.807) is 18.3 Å². The van der Waals surface area contributed by atoms with Crippen LogP contribution in [0.5, 0.6) is 0 Å². The minimum atomic E-state index is -4.34. The van der Waals surface area contributed by atoms with Crippen molar-refractivity contribution in [3.63, 3.8) is 0 Å². The van der Waals surface area contributed by atoms with Crippen molar-refractivity contribution in [2.45, 2.75) is 56.3 Å². The molecule has 0 amide bonds. The molecule has 1 atom stereocenters. The lowest BCUT2D eigenvalue weighted by Gasteiger charge is -2.38. The van der Waals surface area contributed by atoms with Crippen LogP contribution in [0.25, 0.3) is 11.4 Å². The van der Waals surface area contributed by atoms with Gasteiger partial charge in [0, 0.05) is 16.7 Å². The van der Waals surface area contributed by atoms with E-state index in [2.05, 4.69) is 25.1 Å². The van der Waals surface area contributed by atoms with Gasteiger partial charge in [-0.3, -0.25) is 9.67 Å². The van der Waals surface area contributed by atoms with Crippen LogP contribution in [0.2, 0.25) is 0 Å². The van der Waals surface area contributed by atoms with E-state index in [0.717, 1.165) is 52.5 Å². The summed E-state index contributed by atoms with van der Waals surface area (Å²) in [6.07, 6.45) is 1.65. The zero-order valence-electron chi connectivity index (χ0n) is 17.5. The third-order valence-corrected chi connectivity index (χ3v) is 6.81. The molecule has 0 saturated heterocycles. The molecule has 3 aromatic rings. The minimum Gasteiger partial charge on any atom is -0.302 e. The molecular formula is C23H23F3N4S. The summed E-state index contributed by atoms with van der Waals surface area (Å²) in [5.74, 6) is 0.492. The number of alkyl halides is 3. The molecule has 1 saturated carbocycles. The van der Waals surface area contributed by atoms with Crippen molar-refractivity contribution in [2.75, 3.05) is 4.31 Å². The Kier molecular flexibility index (Phi) is 4.62. The van der Waals surface area contributed by atoms with Crippen LogP contribution < -0.4 is 4.31 Å². The second-order valence-electron chi connectivity index (χ2n) is 9.12. The number of halogens is 3. The number of hydrogen-bond donors (Lipinski definition) is 0. The lowest BCUT2D eigenvalue weighted by molar-refractivity contribution is -0.137. The third-order valence-electron chi connectivity index (χ3n) is 5.71. The van der Waals surface area contributed by atoms with Gasteiger partial charge in [0.2, 0.25) is 0 Å². The monoisotopic (exact) mass is 444 g/mol. The predicted octanol–water partition coefficient (Wildman–Crippen LogP) is 6.70. The van der Waals surface area contributed by atoms with Gasteiger partial charge in [-0.05, 0) is 87.9 Å². The Morgan fingerprint density at radius 3 is 2.35 bits per heavy atom. The Morgan fingerprint density at radius 1 is 1.03 bits per heavy atom. The molecule has 1 aliphatic carbocycles. The van der Waals surface area contributed by atoms with Crippen LogP contribution in [0.3, 0.4) is 0 Å². The fraction of sp³-hybridized carbons (Fsp3) is 0.391. The molecule has 31 heavy (non-hydrogen) atoms. The first-order valence-corrected chi connectivity index (χ1v) is 11.1. The maximum atomic E-state index is 13.0. The van der Waals surface area contributed by atoms with E-state index in [0.29, 0.717) is 5.92 Å². The number of rotatable bonds is 3. The standard InChI is InChI=1S/C23H23F3N4S/c1-22(2,3)30-21-17(13-28-30)20(14-6-7-14)29(18-5-4-12-27-19(18)21)31-16-10-8-15(9-11-16)23(24,25)26/h4-5,8-14,20H,6-7H2,1-3H3. The summed E-state index contributed by atoms with van der Waals surface area (Å²) >= 11 is 1.47. The van der Waals surface area contributed by atoms with Crippen molar-refractivity contribution >= 4 is 17.6 Å². The van der Waals surface area contributed by atoms with Crippen LogP contribution in [0.1, 0.15) is 50.8 Å². The van der Waals surface area contributed by atoms with Crippen LogP contribution >= 0.6 is 11.9 Å². The zero-order chi connectivity index (χ0) is 22.0. The molecule has 1 aliphatic heterocycles.